The van der Waals surface area contributed by atoms with Crippen LogP contribution < -0.4 is 11.1 Å². The van der Waals surface area contributed by atoms with Gasteiger partial charge in [-0.3, -0.25) is 4.79 Å². The van der Waals surface area contributed by atoms with Crippen molar-refractivity contribution in [2.45, 2.75) is 12.2 Å². The summed E-state index contributed by atoms with van der Waals surface area (Å²) in [5.74, 6) is -0.453. The van der Waals surface area contributed by atoms with Gasteiger partial charge in [0.1, 0.15) is 15.7 Å². The number of carbonyl (C=O) groups is 1. The Morgan fingerprint density at radius 3 is 2.70 bits per heavy atom. The van der Waals surface area contributed by atoms with Crippen LogP contribution in [-0.2, 0) is 14.6 Å². The molecule has 0 fully saturated rings. The Morgan fingerprint density at radius 1 is 1.50 bits per heavy atom. The molecule has 0 aromatic heterocycles. The first kappa shape index (κ1) is 16.8. The van der Waals surface area contributed by atoms with Crippen LogP contribution >= 0.6 is 11.8 Å². The average Bonchev–Trinajstić information content (AvgIpc) is 2.32. The first-order valence-corrected chi connectivity index (χ1v) is 8.95. The number of sulfone groups is 1. The van der Waals surface area contributed by atoms with E-state index in [9.17, 15) is 17.6 Å². The van der Waals surface area contributed by atoms with E-state index in [2.05, 4.69) is 5.32 Å². The van der Waals surface area contributed by atoms with Gasteiger partial charge in [0, 0.05) is 17.7 Å². The van der Waals surface area contributed by atoms with Crippen molar-refractivity contribution in [1.29, 1.82) is 0 Å². The highest BCUT2D eigenvalue weighted by atomic mass is 32.2. The molecule has 0 heterocycles. The van der Waals surface area contributed by atoms with Gasteiger partial charge in [-0.2, -0.15) is 0 Å². The third kappa shape index (κ3) is 5.79. The zero-order chi connectivity index (χ0) is 15.3. The summed E-state index contributed by atoms with van der Waals surface area (Å²) in [6.07, 6.45) is 1.15. The van der Waals surface area contributed by atoms with Gasteiger partial charge in [-0.1, -0.05) is 0 Å². The largest absolute Gasteiger partial charge is 0.396 e. The second-order valence-corrected chi connectivity index (χ2v) is 8.08. The Bertz CT molecular complexity index is 590. The number of carbonyl (C=O) groups excluding carboxylic acids is 1. The van der Waals surface area contributed by atoms with Gasteiger partial charge in [0.2, 0.25) is 5.91 Å². The number of anilines is 2. The topological polar surface area (TPSA) is 89.3 Å². The lowest BCUT2D eigenvalue weighted by atomic mass is 10.2. The van der Waals surface area contributed by atoms with E-state index in [4.69, 9.17) is 5.73 Å². The molecule has 1 atom stereocenters. The molecule has 1 rings (SSSR count). The second kappa shape index (κ2) is 6.94. The van der Waals surface area contributed by atoms with Crippen LogP contribution in [0.1, 0.15) is 6.92 Å². The summed E-state index contributed by atoms with van der Waals surface area (Å²) >= 11 is 1.24. The quantitative estimate of drug-likeness (QED) is 0.776. The van der Waals surface area contributed by atoms with Crippen LogP contribution in [0.3, 0.4) is 0 Å². The number of benzene rings is 1. The maximum atomic E-state index is 13.0. The number of hydrogen-bond acceptors (Lipinski definition) is 5. The Kier molecular flexibility index (Phi) is 5.82. The van der Waals surface area contributed by atoms with E-state index in [1.165, 1.54) is 30.0 Å². The minimum atomic E-state index is -3.03. The number of halogens is 1. The maximum absolute atomic E-state index is 13.0. The molecule has 1 unspecified atom stereocenters. The predicted molar refractivity (Wildman–Crippen MR) is 81.1 cm³/mol. The Hall–Kier alpha value is -1.28. The van der Waals surface area contributed by atoms with Gasteiger partial charge in [0.05, 0.1) is 16.7 Å². The Labute approximate surface area is 122 Å². The monoisotopic (exact) mass is 320 g/mol. The predicted octanol–water partition coefficient (Wildman–Crippen LogP) is 1.51. The Balaban J connectivity index is 2.51. The van der Waals surface area contributed by atoms with Crippen molar-refractivity contribution in [3.05, 3.63) is 24.0 Å². The molecule has 8 heteroatoms. The molecule has 112 valence electrons. The molecule has 0 radical (unpaired) electrons. The van der Waals surface area contributed by atoms with Crippen LogP contribution in [-0.4, -0.2) is 37.3 Å². The minimum Gasteiger partial charge on any atom is -0.396 e. The molecular weight excluding hydrogens is 303 g/mol. The van der Waals surface area contributed by atoms with Crippen LogP contribution in [0, 0.1) is 5.82 Å². The lowest BCUT2D eigenvalue weighted by molar-refractivity contribution is -0.115. The zero-order valence-electron chi connectivity index (χ0n) is 11.2. The molecule has 0 bridgehead atoms. The van der Waals surface area contributed by atoms with E-state index < -0.39 is 20.9 Å². The van der Waals surface area contributed by atoms with Crippen LogP contribution in [0.25, 0.3) is 0 Å². The van der Waals surface area contributed by atoms with Gasteiger partial charge in [-0.05, 0) is 25.1 Å². The third-order valence-corrected chi connectivity index (χ3v) is 4.81. The van der Waals surface area contributed by atoms with Gasteiger partial charge in [-0.15, -0.1) is 11.8 Å². The van der Waals surface area contributed by atoms with Crippen molar-refractivity contribution in [3.63, 3.8) is 0 Å². The molecule has 5 nitrogen and oxygen atoms in total. The number of thioether (sulfide) groups is 1. The van der Waals surface area contributed by atoms with Crippen LogP contribution in [0.4, 0.5) is 15.8 Å². The molecule has 0 saturated carbocycles. The molecule has 1 aromatic rings. The maximum Gasteiger partial charge on any atom is 0.237 e. The van der Waals surface area contributed by atoms with E-state index in [1.807, 2.05) is 0 Å². The van der Waals surface area contributed by atoms with Gasteiger partial charge in [0.15, 0.2) is 0 Å². The number of hydrogen-bond donors (Lipinski definition) is 2. The number of amides is 1. The van der Waals surface area contributed by atoms with Crippen molar-refractivity contribution >= 4 is 38.9 Å². The summed E-state index contributed by atoms with van der Waals surface area (Å²) in [5, 5.41) is 2.19. The molecule has 0 aliphatic rings. The van der Waals surface area contributed by atoms with E-state index in [0.29, 0.717) is 11.4 Å². The molecule has 20 heavy (non-hydrogen) atoms. The minimum absolute atomic E-state index is 0.0266. The van der Waals surface area contributed by atoms with Crippen molar-refractivity contribution in [2.24, 2.45) is 0 Å². The van der Waals surface area contributed by atoms with Gasteiger partial charge >= 0.3 is 0 Å². The molecule has 0 saturated heterocycles. The lowest BCUT2D eigenvalue weighted by Gasteiger charge is -2.12. The van der Waals surface area contributed by atoms with Crippen LogP contribution in [0.5, 0.6) is 0 Å². The van der Waals surface area contributed by atoms with Crippen molar-refractivity contribution in [3.8, 4) is 0 Å². The second-order valence-electron chi connectivity index (χ2n) is 4.37. The van der Waals surface area contributed by atoms with Crippen LogP contribution in [0.2, 0.25) is 0 Å². The average molecular weight is 320 g/mol. The van der Waals surface area contributed by atoms with Gasteiger partial charge < -0.3 is 11.1 Å². The fourth-order valence-corrected chi connectivity index (χ4v) is 3.48. The van der Waals surface area contributed by atoms with E-state index in [0.717, 1.165) is 6.26 Å². The summed E-state index contributed by atoms with van der Waals surface area (Å²) in [6, 6.07) is 3.92. The molecule has 1 amide bonds. The SMILES string of the molecule is CC(SCCS(C)(=O)=O)C(=O)Nc1ccc(F)c(N)c1. The van der Waals surface area contributed by atoms with Crippen LogP contribution in [0.15, 0.2) is 18.2 Å². The van der Waals surface area contributed by atoms with E-state index in [1.54, 1.807) is 6.92 Å². The number of nitrogen functional groups attached to an aromatic ring is 1. The fraction of sp³-hybridized carbons (Fsp3) is 0.417. The first-order chi connectivity index (χ1) is 9.19. The smallest absolute Gasteiger partial charge is 0.237 e. The molecule has 1 aromatic carbocycles. The number of nitrogens with two attached hydrogens (primary N) is 1. The highest BCUT2D eigenvalue weighted by molar-refractivity contribution is 8.01. The summed E-state index contributed by atoms with van der Waals surface area (Å²) in [5.41, 5.74) is 5.77. The normalized spacial score (nSPS) is 12.9. The zero-order valence-corrected chi connectivity index (χ0v) is 12.9. The highest BCUT2D eigenvalue weighted by Crippen LogP contribution is 2.18. The fourth-order valence-electron chi connectivity index (χ4n) is 1.32. The molecule has 0 aliphatic heterocycles. The molecule has 3 N–H and O–H groups in total. The standard InChI is InChI=1S/C12H17FN2O3S2/c1-8(19-5-6-20(2,17)18)12(16)15-9-3-4-10(13)11(14)7-9/h3-4,7-8H,5-6,14H2,1-2H3,(H,15,16). The van der Waals surface area contributed by atoms with E-state index in [-0.39, 0.29) is 17.3 Å². The van der Waals surface area contributed by atoms with Gasteiger partial charge in [0.25, 0.3) is 0 Å². The summed E-state index contributed by atoms with van der Waals surface area (Å²) in [6.45, 7) is 1.68. The summed E-state index contributed by atoms with van der Waals surface area (Å²) < 4.78 is 34.9. The highest BCUT2D eigenvalue weighted by Gasteiger charge is 2.15. The third-order valence-electron chi connectivity index (χ3n) is 2.45. The molecule has 0 spiro atoms. The Morgan fingerprint density at radius 2 is 2.15 bits per heavy atom. The van der Waals surface area contributed by atoms with Crippen molar-refractivity contribution in [1.82, 2.24) is 0 Å². The number of rotatable bonds is 6. The summed E-state index contributed by atoms with van der Waals surface area (Å²) in [7, 11) is -3.03. The molecular formula is C12H17FN2O3S2. The summed E-state index contributed by atoms with van der Waals surface area (Å²) in [4.78, 5) is 11.8. The van der Waals surface area contributed by atoms with Gasteiger partial charge in [-0.25, -0.2) is 12.8 Å². The first-order valence-electron chi connectivity index (χ1n) is 5.84. The van der Waals surface area contributed by atoms with Crippen molar-refractivity contribution in [2.75, 3.05) is 28.8 Å². The van der Waals surface area contributed by atoms with E-state index >= 15 is 0 Å². The molecule has 0 aliphatic carbocycles. The number of nitrogens with one attached hydrogen (secondary N) is 1. The lowest BCUT2D eigenvalue weighted by Crippen LogP contribution is -2.23. The van der Waals surface area contributed by atoms with Crippen molar-refractivity contribution < 1.29 is 17.6 Å².